The third-order valence-electron chi connectivity index (χ3n) is 3.31. The van der Waals surface area contributed by atoms with Gasteiger partial charge in [-0.15, -0.1) is 0 Å². The van der Waals surface area contributed by atoms with E-state index < -0.39 is 11.4 Å². The molecule has 1 fully saturated rings. The highest BCUT2D eigenvalue weighted by Gasteiger charge is 2.37. The Morgan fingerprint density at radius 1 is 1.69 bits per heavy atom. The maximum Gasteiger partial charge on any atom is 0.310 e. The van der Waals surface area contributed by atoms with Crippen molar-refractivity contribution >= 4 is 5.97 Å². The minimum atomic E-state index is -0.672. The minimum Gasteiger partial charge on any atom is -0.481 e. The topological polar surface area (TPSA) is 40.5 Å². The van der Waals surface area contributed by atoms with Crippen LogP contribution in [-0.4, -0.2) is 35.1 Å². The first-order chi connectivity index (χ1) is 5.99. The first-order valence-corrected chi connectivity index (χ1v) is 4.97. The van der Waals surface area contributed by atoms with Crippen LogP contribution >= 0.6 is 0 Å². The van der Waals surface area contributed by atoms with Crippen LogP contribution in [0, 0.1) is 5.41 Å². The van der Waals surface area contributed by atoms with Crippen molar-refractivity contribution in [1.82, 2.24) is 4.90 Å². The van der Waals surface area contributed by atoms with Crippen LogP contribution in [0.4, 0.5) is 0 Å². The predicted molar refractivity (Wildman–Crippen MR) is 51.7 cm³/mol. The van der Waals surface area contributed by atoms with Crippen molar-refractivity contribution in [1.29, 1.82) is 0 Å². The van der Waals surface area contributed by atoms with E-state index in [1.807, 2.05) is 13.8 Å². The van der Waals surface area contributed by atoms with Gasteiger partial charge >= 0.3 is 5.97 Å². The number of carboxylic acids is 1. The van der Waals surface area contributed by atoms with Gasteiger partial charge in [-0.25, -0.2) is 0 Å². The van der Waals surface area contributed by atoms with Gasteiger partial charge in [-0.2, -0.15) is 0 Å². The molecule has 0 saturated carbocycles. The van der Waals surface area contributed by atoms with Gasteiger partial charge in [0, 0.05) is 12.6 Å². The van der Waals surface area contributed by atoms with E-state index in [9.17, 15) is 4.79 Å². The molecule has 1 rings (SSSR count). The summed E-state index contributed by atoms with van der Waals surface area (Å²) >= 11 is 0. The summed E-state index contributed by atoms with van der Waals surface area (Å²) in [5.41, 5.74) is -0.561. The van der Waals surface area contributed by atoms with Gasteiger partial charge in [-0.1, -0.05) is 6.92 Å². The van der Waals surface area contributed by atoms with E-state index >= 15 is 0 Å². The molecule has 0 spiro atoms. The zero-order chi connectivity index (χ0) is 10.1. The largest absolute Gasteiger partial charge is 0.481 e. The van der Waals surface area contributed by atoms with Crippen molar-refractivity contribution in [3.05, 3.63) is 0 Å². The zero-order valence-electron chi connectivity index (χ0n) is 8.71. The zero-order valence-corrected chi connectivity index (χ0v) is 8.71. The Morgan fingerprint density at radius 3 is 2.54 bits per heavy atom. The Bertz CT molecular complexity index is 205. The fourth-order valence-corrected chi connectivity index (χ4v) is 1.58. The SMILES string of the molecule is CCC(C)(CN1CCC1C)C(=O)O. The molecule has 13 heavy (non-hydrogen) atoms. The summed E-state index contributed by atoms with van der Waals surface area (Å²) in [6.07, 6.45) is 1.91. The normalized spacial score (nSPS) is 27.8. The Hall–Kier alpha value is -0.570. The van der Waals surface area contributed by atoms with E-state index in [0.717, 1.165) is 6.54 Å². The average Bonchev–Trinajstić information content (AvgIpc) is 2.11. The molecule has 1 aliphatic rings. The second kappa shape index (κ2) is 3.66. The monoisotopic (exact) mass is 185 g/mol. The van der Waals surface area contributed by atoms with Crippen molar-refractivity contribution in [2.24, 2.45) is 5.41 Å². The Morgan fingerprint density at radius 2 is 2.31 bits per heavy atom. The highest BCUT2D eigenvalue weighted by molar-refractivity contribution is 5.74. The lowest BCUT2D eigenvalue weighted by Crippen LogP contribution is -2.52. The van der Waals surface area contributed by atoms with Gasteiger partial charge in [0.25, 0.3) is 0 Å². The quantitative estimate of drug-likeness (QED) is 0.723. The van der Waals surface area contributed by atoms with E-state index in [2.05, 4.69) is 11.8 Å². The lowest BCUT2D eigenvalue weighted by molar-refractivity contribution is -0.150. The molecule has 76 valence electrons. The van der Waals surface area contributed by atoms with Gasteiger partial charge in [0.15, 0.2) is 0 Å². The smallest absolute Gasteiger partial charge is 0.310 e. The summed E-state index contributed by atoms with van der Waals surface area (Å²) in [5.74, 6) is -0.672. The molecule has 0 radical (unpaired) electrons. The van der Waals surface area contributed by atoms with E-state index in [4.69, 9.17) is 5.11 Å². The molecule has 0 bridgehead atoms. The number of carboxylic acid groups (broad SMARTS) is 1. The Kier molecular flexibility index (Phi) is 2.96. The molecule has 1 aliphatic heterocycles. The molecule has 0 aromatic heterocycles. The molecule has 3 heteroatoms. The molecule has 1 heterocycles. The lowest BCUT2D eigenvalue weighted by Gasteiger charge is -2.42. The Balaban J connectivity index is 2.52. The van der Waals surface area contributed by atoms with E-state index in [1.54, 1.807) is 0 Å². The van der Waals surface area contributed by atoms with Crippen LogP contribution < -0.4 is 0 Å². The van der Waals surface area contributed by atoms with Gasteiger partial charge < -0.3 is 5.11 Å². The van der Waals surface area contributed by atoms with Crippen LogP contribution in [0.5, 0.6) is 0 Å². The van der Waals surface area contributed by atoms with Gasteiger partial charge in [0.05, 0.1) is 5.41 Å². The Labute approximate surface area is 79.7 Å². The summed E-state index contributed by atoms with van der Waals surface area (Å²) < 4.78 is 0. The molecular formula is C10H19NO2. The number of hydrogen-bond donors (Lipinski definition) is 1. The third-order valence-corrected chi connectivity index (χ3v) is 3.31. The van der Waals surface area contributed by atoms with Crippen LogP contribution in [0.3, 0.4) is 0 Å². The molecule has 0 aromatic rings. The first-order valence-electron chi connectivity index (χ1n) is 4.97. The van der Waals surface area contributed by atoms with Crippen molar-refractivity contribution in [2.45, 2.75) is 39.7 Å². The van der Waals surface area contributed by atoms with Gasteiger partial charge in [-0.3, -0.25) is 9.69 Å². The van der Waals surface area contributed by atoms with Crippen molar-refractivity contribution < 1.29 is 9.90 Å². The molecular weight excluding hydrogens is 166 g/mol. The number of aliphatic carboxylic acids is 1. The molecule has 1 N–H and O–H groups in total. The number of hydrogen-bond acceptors (Lipinski definition) is 2. The highest BCUT2D eigenvalue weighted by atomic mass is 16.4. The summed E-state index contributed by atoms with van der Waals surface area (Å²) in [6, 6.07) is 0.574. The summed E-state index contributed by atoms with van der Waals surface area (Å²) in [6.45, 7) is 7.68. The van der Waals surface area contributed by atoms with Crippen LogP contribution in [0.2, 0.25) is 0 Å². The number of nitrogens with zero attached hydrogens (tertiary/aromatic N) is 1. The van der Waals surface area contributed by atoms with Crippen LogP contribution in [0.15, 0.2) is 0 Å². The average molecular weight is 185 g/mol. The summed E-state index contributed by atoms with van der Waals surface area (Å²) in [4.78, 5) is 13.3. The van der Waals surface area contributed by atoms with Crippen molar-refractivity contribution in [3.63, 3.8) is 0 Å². The first kappa shape index (κ1) is 10.5. The summed E-state index contributed by atoms with van der Waals surface area (Å²) in [7, 11) is 0. The van der Waals surface area contributed by atoms with Crippen LogP contribution in [-0.2, 0) is 4.79 Å². The third kappa shape index (κ3) is 2.02. The van der Waals surface area contributed by atoms with E-state index in [0.29, 0.717) is 19.0 Å². The fraction of sp³-hybridized carbons (Fsp3) is 0.900. The molecule has 1 saturated heterocycles. The summed E-state index contributed by atoms with van der Waals surface area (Å²) in [5, 5.41) is 9.06. The van der Waals surface area contributed by atoms with E-state index in [1.165, 1.54) is 6.42 Å². The molecule has 2 atom stereocenters. The van der Waals surface area contributed by atoms with Gasteiger partial charge in [0.2, 0.25) is 0 Å². The fourth-order valence-electron chi connectivity index (χ4n) is 1.58. The number of rotatable bonds is 4. The second-order valence-electron chi connectivity index (χ2n) is 4.33. The number of carbonyl (C=O) groups is 1. The predicted octanol–water partition coefficient (Wildman–Crippen LogP) is 1.58. The lowest BCUT2D eigenvalue weighted by atomic mass is 9.85. The molecule has 3 nitrogen and oxygen atoms in total. The van der Waals surface area contributed by atoms with E-state index in [-0.39, 0.29) is 0 Å². The molecule has 0 aromatic carbocycles. The van der Waals surface area contributed by atoms with Crippen LogP contribution in [0.25, 0.3) is 0 Å². The van der Waals surface area contributed by atoms with Gasteiger partial charge in [0.1, 0.15) is 0 Å². The highest BCUT2D eigenvalue weighted by Crippen LogP contribution is 2.27. The number of likely N-dealkylation sites (tertiary alicyclic amines) is 1. The van der Waals surface area contributed by atoms with Gasteiger partial charge in [-0.05, 0) is 33.2 Å². The molecule has 0 amide bonds. The molecule has 2 unspecified atom stereocenters. The van der Waals surface area contributed by atoms with Crippen molar-refractivity contribution in [2.75, 3.05) is 13.1 Å². The minimum absolute atomic E-state index is 0.561. The maximum atomic E-state index is 11.0. The maximum absolute atomic E-state index is 11.0. The molecule has 0 aliphatic carbocycles. The van der Waals surface area contributed by atoms with Crippen molar-refractivity contribution in [3.8, 4) is 0 Å². The second-order valence-corrected chi connectivity index (χ2v) is 4.33. The standard InChI is InChI=1S/C10H19NO2/c1-4-10(3,9(12)13)7-11-6-5-8(11)2/h8H,4-7H2,1-3H3,(H,12,13). The van der Waals surface area contributed by atoms with Crippen LogP contribution in [0.1, 0.15) is 33.6 Å².